The molecule has 39 heavy (non-hydrogen) atoms. The van der Waals surface area contributed by atoms with Crippen molar-refractivity contribution in [2.75, 3.05) is 26.2 Å². The average Bonchev–Trinajstić information content (AvgIpc) is 2.88. The summed E-state index contributed by atoms with van der Waals surface area (Å²) in [5.74, 6) is -3.05. The highest BCUT2D eigenvalue weighted by atomic mass is 16.6. The molecular formula is C28H33N3O8. The maximum Gasteiger partial charge on any atom is 0.334 e. The second-order valence-corrected chi connectivity index (χ2v) is 9.33. The van der Waals surface area contributed by atoms with E-state index < -0.39 is 28.9 Å². The number of benzene rings is 2. The van der Waals surface area contributed by atoms with Gasteiger partial charge in [-0.05, 0) is 50.9 Å². The Labute approximate surface area is 226 Å². The fraction of sp³-hybridized carbons (Fsp3) is 0.357. The topological polar surface area (TPSA) is 162 Å². The van der Waals surface area contributed by atoms with Crippen LogP contribution in [0.4, 0.5) is 5.69 Å². The molecule has 2 aromatic carbocycles. The standard InChI is InChI=1S/C28H33N3O8/c1-17-8-4-5-11-23(17)39-16-22(32)15-29-12-7-13-30-18(2)24(27(33)34)26(25(19(30)3)28(35)36)20-9-6-10-21(14-20)31(37)38/h4-6,8-11,14,22,26,29,32H,7,12-13,15-16H2,1-3H3,(H,33,34)(H,35,36). The number of ether oxygens (including phenoxy) is 1. The van der Waals surface area contributed by atoms with Crippen LogP contribution in [0, 0.1) is 17.0 Å². The van der Waals surface area contributed by atoms with Crippen LogP contribution >= 0.6 is 0 Å². The van der Waals surface area contributed by atoms with Crippen molar-refractivity contribution in [1.82, 2.24) is 10.2 Å². The maximum atomic E-state index is 12.3. The highest BCUT2D eigenvalue weighted by Crippen LogP contribution is 2.42. The van der Waals surface area contributed by atoms with E-state index in [0.29, 0.717) is 36.7 Å². The fourth-order valence-corrected chi connectivity index (χ4v) is 4.74. The first-order valence-electron chi connectivity index (χ1n) is 12.5. The van der Waals surface area contributed by atoms with Gasteiger partial charge in [-0.1, -0.05) is 30.3 Å². The number of rotatable bonds is 13. The van der Waals surface area contributed by atoms with E-state index in [1.54, 1.807) is 18.7 Å². The number of hydrogen-bond donors (Lipinski definition) is 4. The predicted molar refractivity (Wildman–Crippen MR) is 143 cm³/mol. The number of hydrogen-bond acceptors (Lipinski definition) is 8. The van der Waals surface area contributed by atoms with Crippen molar-refractivity contribution in [3.8, 4) is 5.75 Å². The summed E-state index contributed by atoms with van der Waals surface area (Å²) < 4.78 is 5.66. The second-order valence-electron chi connectivity index (χ2n) is 9.33. The van der Waals surface area contributed by atoms with E-state index in [-0.39, 0.29) is 35.5 Å². The minimum atomic E-state index is -1.30. The Hall–Kier alpha value is -4.22. The Morgan fingerprint density at radius 2 is 1.69 bits per heavy atom. The summed E-state index contributed by atoms with van der Waals surface area (Å²) in [5, 5.41) is 44.8. The van der Waals surface area contributed by atoms with Gasteiger partial charge in [0.25, 0.3) is 5.69 Å². The molecule has 1 heterocycles. The first kappa shape index (κ1) is 29.3. The molecule has 0 saturated heterocycles. The van der Waals surface area contributed by atoms with E-state index in [9.17, 15) is 35.0 Å². The zero-order valence-electron chi connectivity index (χ0n) is 22.1. The molecule has 0 radical (unpaired) electrons. The Balaban J connectivity index is 1.69. The summed E-state index contributed by atoms with van der Waals surface area (Å²) in [6.07, 6.45) is -0.211. The van der Waals surface area contributed by atoms with Crippen LogP contribution in [0.25, 0.3) is 0 Å². The van der Waals surface area contributed by atoms with Crippen LogP contribution in [-0.2, 0) is 9.59 Å². The number of aryl methyl sites for hydroxylation is 1. The van der Waals surface area contributed by atoms with Crippen LogP contribution in [0.1, 0.15) is 37.3 Å². The molecule has 0 spiro atoms. The Kier molecular flexibility index (Phi) is 9.80. The average molecular weight is 540 g/mol. The van der Waals surface area contributed by atoms with Gasteiger partial charge in [-0.25, -0.2) is 9.59 Å². The smallest absolute Gasteiger partial charge is 0.334 e. The number of aliphatic hydroxyl groups excluding tert-OH is 1. The molecule has 0 bridgehead atoms. The molecule has 208 valence electrons. The number of carboxylic acids is 2. The number of nitro groups is 1. The lowest BCUT2D eigenvalue weighted by atomic mass is 9.79. The van der Waals surface area contributed by atoms with Gasteiger partial charge >= 0.3 is 11.9 Å². The monoisotopic (exact) mass is 539 g/mol. The Morgan fingerprint density at radius 1 is 1.05 bits per heavy atom. The lowest BCUT2D eigenvalue weighted by Gasteiger charge is -2.37. The van der Waals surface area contributed by atoms with E-state index in [2.05, 4.69) is 5.32 Å². The SMILES string of the molecule is CC1=C(C(=O)O)C(c2cccc([N+](=O)[O-])c2)C(C(=O)O)=C(C)N1CCCNCC(O)COc1ccccc1C. The molecule has 0 aromatic heterocycles. The van der Waals surface area contributed by atoms with Crippen molar-refractivity contribution >= 4 is 17.6 Å². The van der Waals surface area contributed by atoms with Crippen molar-refractivity contribution in [3.63, 3.8) is 0 Å². The van der Waals surface area contributed by atoms with Gasteiger partial charge in [-0.3, -0.25) is 10.1 Å². The minimum Gasteiger partial charge on any atom is -0.491 e. The number of allylic oxidation sites excluding steroid dienone is 2. The van der Waals surface area contributed by atoms with Gasteiger partial charge in [0.1, 0.15) is 18.5 Å². The van der Waals surface area contributed by atoms with Gasteiger partial charge in [0.2, 0.25) is 0 Å². The molecule has 0 saturated carbocycles. The number of non-ortho nitro benzene ring substituents is 1. The Morgan fingerprint density at radius 3 is 2.28 bits per heavy atom. The van der Waals surface area contributed by atoms with Crippen LogP contribution in [0.15, 0.2) is 71.1 Å². The normalized spacial score (nSPS) is 14.9. The number of nitro benzene ring substituents is 1. The third-order valence-corrected chi connectivity index (χ3v) is 6.68. The number of carbonyl (C=O) groups is 2. The summed E-state index contributed by atoms with van der Waals surface area (Å²) in [6, 6.07) is 12.9. The molecule has 0 fully saturated rings. The van der Waals surface area contributed by atoms with Crippen LogP contribution in [0.2, 0.25) is 0 Å². The molecule has 1 atom stereocenters. The molecule has 4 N–H and O–H groups in total. The van der Waals surface area contributed by atoms with Crippen LogP contribution in [0.5, 0.6) is 5.75 Å². The van der Waals surface area contributed by atoms with Crippen molar-refractivity contribution in [2.24, 2.45) is 0 Å². The minimum absolute atomic E-state index is 0.122. The van der Waals surface area contributed by atoms with Gasteiger partial charge in [0, 0.05) is 36.6 Å². The van der Waals surface area contributed by atoms with Gasteiger partial charge in [0.15, 0.2) is 0 Å². The zero-order valence-corrected chi connectivity index (χ0v) is 22.1. The second kappa shape index (κ2) is 13.0. The number of aliphatic hydroxyl groups is 1. The molecule has 2 aromatic rings. The largest absolute Gasteiger partial charge is 0.491 e. The van der Waals surface area contributed by atoms with Gasteiger partial charge in [-0.2, -0.15) is 0 Å². The number of nitrogens with zero attached hydrogens (tertiary/aromatic N) is 2. The molecule has 0 aliphatic carbocycles. The van der Waals surface area contributed by atoms with E-state index in [0.717, 1.165) is 5.56 Å². The van der Waals surface area contributed by atoms with E-state index in [1.807, 2.05) is 31.2 Å². The molecule has 1 unspecified atom stereocenters. The molecule has 11 nitrogen and oxygen atoms in total. The van der Waals surface area contributed by atoms with Crippen molar-refractivity contribution in [3.05, 3.63) is 92.3 Å². The molecule has 3 rings (SSSR count). The van der Waals surface area contributed by atoms with Gasteiger partial charge in [-0.15, -0.1) is 0 Å². The summed E-state index contributed by atoms with van der Waals surface area (Å²) in [6.45, 7) is 6.35. The van der Waals surface area contributed by atoms with Crippen molar-refractivity contribution in [2.45, 2.75) is 39.2 Å². The van der Waals surface area contributed by atoms with Crippen LogP contribution in [0.3, 0.4) is 0 Å². The number of para-hydroxylation sites is 1. The summed E-state index contributed by atoms with van der Waals surface area (Å²) in [4.78, 5) is 37.0. The fourth-order valence-electron chi connectivity index (χ4n) is 4.74. The molecule has 11 heteroatoms. The third kappa shape index (κ3) is 7.01. The third-order valence-electron chi connectivity index (χ3n) is 6.68. The van der Waals surface area contributed by atoms with E-state index >= 15 is 0 Å². The number of aliphatic carboxylic acids is 2. The van der Waals surface area contributed by atoms with Crippen LogP contribution < -0.4 is 10.1 Å². The van der Waals surface area contributed by atoms with Gasteiger partial charge < -0.3 is 30.3 Å². The van der Waals surface area contributed by atoms with Crippen LogP contribution in [-0.4, -0.2) is 69.4 Å². The zero-order chi connectivity index (χ0) is 28.7. The number of carboxylic acid groups (broad SMARTS) is 2. The molecule has 1 aliphatic rings. The Bertz CT molecular complexity index is 1270. The van der Waals surface area contributed by atoms with E-state index in [1.165, 1.54) is 24.3 Å². The quantitative estimate of drug-likeness (QED) is 0.168. The highest BCUT2D eigenvalue weighted by molar-refractivity contribution is 5.98. The summed E-state index contributed by atoms with van der Waals surface area (Å²) >= 11 is 0. The first-order chi connectivity index (χ1) is 18.5. The molecule has 0 amide bonds. The van der Waals surface area contributed by atoms with Gasteiger partial charge in [0.05, 0.1) is 22.0 Å². The lowest BCUT2D eigenvalue weighted by molar-refractivity contribution is -0.384. The maximum absolute atomic E-state index is 12.3. The lowest BCUT2D eigenvalue weighted by Crippen LogP contribution is -2.36. The van der Waals surface area contributed by atoms with E-state index in [4.69, 9.17) is 4.74 Å². The number of nitrogens with one attached hydrogen (secondary N) is 1. The van der Waals surface area contributed by atoms with Crippen molar-refractivity contribution < 1.29 is 34.6 Å². The highest BCUT2D eigenvalue weighted by Gasteiger charge is 2.39. The molecular weight excluding hydrogens is 506 g/mol. The first-order valence-corrected chi connectivity index (χ1v) is 12.5. The summed E-state index contributed by atoms with van der Waals surface area (Å²) in [5.41, 5.74) is 1.39. The predicted octanol–water partition coefficient (Wildman–Crippen LogP) is 3.44. The summed E-state index contributed by atoms with van der Waals surface area (Å²) in [7, 11) is 0. The molecule has 1 aliphatic heterocycles. The van der Waals surface area contributed by atoms with Crippen molar-refractivity contribution in [1.29, 1.82) is 0 Å².